The normalized spacial score (nSPS) is 11.1. The van der Waals surface area contributed by atoms with Crippen LogP contribution in [0.5, 0.6) is 0 Å². The summed E-state index contributed by atoms with van der Waals surface area (Å²) in [5.74, 6) is -1.11. The summed E-state index contributed by atoms with van der Waals surface area (Å²) in [5, 5.41) is 2.60. The van der Waals surface area contributed by atoms with E-state index < -0.39 is 23.6 Å². The molecule has 23 heavy (non-hydrogen) atoms. The van der Waals surface area contributed by atoms with Gasteiger partial charge in [0.25, 0.3) is 0 Å². The van der Waals surface area contributed by atoms with Crippen LogP contribution in [0.15, 0.2) is 30.5 Å². The fraction of sp³-hybridized carbons (Fsp3) is 0.214. The average molecular weight is 344 g/mol. The number of thiazole rings is 1. The van der Waals surface area contributed by atoms with Crippen LogP contribution in [0.25, 0.3) is 0 Å². The van der Waals surface area contributed by atoms with Crippen molar-refractivity contribution in [1.82, 2.24) is 4.98 Å². The van der Waals surface area contributed by atoms with Crippen molar-refractivity contribution in [3.63, 3.8) is 0 Å². The van der Waals surface area contributed by atoms with E-state index in [-0.39, 0.29) is 22.0 Å². The van der Waals surface area contributed by atoms with E-state index in [4.69, 9.17) is 0 Å². The van der Waals surface area contributed by atoms with Crippen molar-refractivity contribution in [1.29, 1.82) is 0 Å². The minimum absolute atomic E-state index is 0.169. The van der Waals surface area contributed by atoms with Crippen LogP contribution in [0.2, 0.25) is 0 Å². The molecule has 0 aliphatic rings. The van der Waals surface area contributed by atoms with Gasteiger partial charge in [0, 0.05) is 0 Å². The van der Waals surface area contributed by atoms with Gasteiger partial charge < -0.3 is 10.1 Å². The van der Waals surface area contributed by atoms with Crippen LogP contribution in [0.1, 0.15) is 20.8 Å². The summed E-state index contributed by atoms with van der Waals surface area (Å²) >= 11 is 0.914. The van der Waals surface area contributed by atoms with Gasteiger partial charge in [-0.3, -0.25) is 4.79 Å². The fourth-order valence-electron chi connectivity index (χ4n) is 1.73. The number of carbonyl (C=O) groups is 2. The summed E-state index contributed by atoms with van der Waals surface area (Å²) < 4.78 is 42.3. The largest absolute Gasteiger partial charge is 0.465 e. The number of esters is 1. The molecule has 1 heterocycles. The minimum Gasteiger partial charge on any atom is -0.465 e. The van der Waals surface area contributed by atoms with Gasteiger partial charge in [-0.1, -0.05) is 29.5 Å². The summed E-state index contributed by atoms with van der Waals surface area (Å²) in [7, 11) is 1.22. The molecule has 1 aromatic carbocycles. The zero-order valence-corrected chi connectivity index (χ0v) is 12.6. The molecule has 5 nitrogen and oxygen atoms in total. The molecule has 0 radical (unpaired) electrons. The molecule has 0 aliphatic carbocycles. The molecule has 0 spiro atoms. The number of anilines is 1. The number of carbonyl (C=O) groups excluding carboxylic acids is 2. The number of methoxy groups -OCH3 is 1. The molecule has 1 aromatic heterocycles. The monoisotopic (exact) mass is 344 g/mol. The number of rotatable bonds is 4. The second-order valence-corrected chi connectivity index (χ2v) is 5.47. The predicted octanol–water partition coefficient (Wildman–Crippen LogP) is 3.13. The SMILES string of the molecule is COC(=O)c1cnc(NC(=O)Cc2cccc(C(F)(F)F)c2)s1. The van der Waals surface area contributed by atoms with E-state index in [0.29, 0.717) is 0 Å². The Kier molecular flexibility index (Phi) is 4.99. The van der Waals surface area contributed by atoms with Crippen LogP contribution in [0.4, 0.5) is 18.3 Å². The maximum absolute atomic E-state index is 12.6. The highest BCUT2D eigenvalue weighted by Gasteiger charge is 2.30. The maximum Gasteiger partial charge on any atom is 0.416 e. The van der Waals surface area contributed by atoms with E-state index in [1.807, 2.05) is 0 Å². The highest BCUT2D eigenvalue weighted by molar-refractivity contribution is 7.17. The Morgan fingerprint density at radius 2 is 2.09 bits per heavy atom. The number of aromatic nitrogens is 1. The second kappa shape index (κ2) is 6.78. The zero-order chi connectivity index (χ0) is 17.0. The molecular weight excluding hydrogens is 333 g/mol. The number of nitrogens with zero attached hydrogens (tertiary/aromatic N) is 1. The molecule has 0 saturated heterocycles. The van der Waals surface area contributed by atoms with Crippen molar-refractivity contribution in [2.24, 2.45) is 0 Å². The topological polar surface area (TPSA) is 68.3 Å². The fourth-order valence-corrected chi connectivity index (χ4v) is 2.48. The first kappa shape index (κ1) is 16.9. The minimum atomic E-state index is -4.46. The molecule has 2 rings (SSSR count). The summed E-state index contributed by atoms with van der Waals surface area (Å²) in [4.78, 5) is 27.2. The van der Waals surface area contributed by atoms with Crippen LogP contribution < -0.4 is 5.32 Å². The average Bonchev–Trinajstić information content (AvgIpc) is 2.94. The molecule has 9 heteroatoms. The van der Waals surface area contributed by atoms with Crippen molar-refractivity contribution in [2.75, 3.05) is 12.4 Å². The van der Waals surface area contributed by atoms with Gasteiger partial charge in [-0.15, -0.1) is 0 Å². The molecule has 0 aliphatic heterocycles. The van der Waals surface area contributed by atoms with E-state index in [9.17, 15) is 22.8 Å². The third-order valence-corrected chi connectivity index (χ3v) is 3.65. The third-order valence-electron chi connectivity index (χ3n) is 2.76. The lowest BCUT2D eigenvalue weighted by Crippen LogP contribution is -2.15. The van der Waals surface area contributed by atoms with Gasteiger partial charge >= 0.3 is 12.1 Å². The number of ether oxygens (including phenoxy) is 1. The molecule has 0 atom stereocenters. The van der Waals surface area contributed by atoms with Gasteiger partial charge in [-0.25, -0.2) is 9.78 Å². The standard InChI is InChI=1S/C14H11F3N2O3S/c1-22-12(21)10-7-18-13(23-10)19-11(20)6-8-3-2-4-9(5-8)14(15,16)17/h2-5,7H,6H2,1H3,(H,18,19,20). The Morgan fingerprint density at radius 3 is 2.74 bits per heavy atom. The lowest BCUT2D eigenvalue weighted by molar-refractivity contribution is -0.137. The molecule has 122 valence electrons. The highest BCUT2D eigenvalue weighted by Crippen LogP contribution is 2.29. The van der Waals surface area contributed by atoms with Crippen LogP contribution in [-0.2, 0) is 22.1 Å². The van der Waals surface area contributed by atoms with E-state index in [1.165, 1.54) is 25.4 Å². The number of hydrogen-bond acceptors (Lipinski definition) is 5. The molecule has 0 unspecified atom stereocenters. The second-order valence-electron chi connectivity index (χ2n) is 4.44. The van der Waals surface area contributed by atoms with Gasteiger partial charge in [0.2, 0.25) is 5.91 Å². The number of amides is 1. The Morgan fingerprint density at radius 1 is 1.35 bits per heavy atom. The predicted molar refractivity (Wildman–Crippen MR) is 77.2 cm³/mol. The van der Waals surface area contributed by atoms with Crippen molar-refractivity contribution >= 4 is 28.3 Å². The first-order valence-corrected chi connectivity index (χ1v) is 7.11. The van der Waals surface area contributed by atoms with Crippen molar-refractivity contribution in [3.05, 3.63) is 46.5 Å². The van der Waals surface area contributed by atoms with E-state index >= 15 is 0 Å². The smallest absolute Gasteiger partial charge is 0.416 e. The van der Waals surface area contributed by atoms with Crippen molar-refractivity contribution in [3.8, 4) is 0 Å². The lowest BCUT2D eigenvalue weighted by atomic mass is 10.1. The zero-order valence-electron chi connectivity index (χ0n) is 11.8. The molecule has 0 saturated carbocycles. The summed E-state index contributed by atoms with van der Waals surface area (Å²) in [6.45, 7) is 0. The Balaban J connectivity index is 2.02. The van der Waals surface area contributed by atoms with Crippen LogP contribution in [-0.4, -0.2) is 24.0 Å². The van der Waals surface area contributed by atoms with Gasteiger partial charge in [-0.2, -0.15) is 13.2 Å². The number of hydrogen-bond donors (Lipinski definition) is 1. The van der Waals surface area contributed by atoms with Crippen molar-refractivity contribution in [2.45, 2.75) is 12.6 Å². The Hall–Kier alpha value is -2.42. The molecular formula is C14H11F3N2O3S. The van der Waals surface area contributed by atoms with Crippen LogP contribution in [0, 0.1) is 0 Å². The quantitative estimate of drug-likeness (QED) is 0.866. The van der Waals surface area contributed by atoms with Crippen LogP contribution in [0.3, 0.4) is 0 Å². The van der Waals surface area contributed by atoms with E-state index in [0.717, 1.165) is 23.5 Å². The lowest BCUT2D eigenvalue weighted by Gasteiger charge is -2.08. The maximum atomic E-state index is 12.6. The Bertz CT molecular complexity index is 728. The van der Waals surface area contributed by atoms with Gasteiger partial charge in [-0.05, 0) is 11.6 Å². The van der Waals surface area contributed by atoms with Gasteiger partial charge in [0.05, 0.1) is 25.3 Å². The molecule has 2 aromatic rings. The molecule has 0 bridgehead atoms. The first-order chi connectivity index (χ1) is 10.8. The number of halogens is 3. The molecule has 0 fully saturated rings. The summed E-state index contributed by atoms with van der Waals surface area (Å²) in [6, 6.07) is 4.52. The number of alkyl halides is 3. The van der Waals surface area contributed by atoms with Crippen molar-refractivity contribution < 1.29 is 27.5 Å². The van der Waals surface area contributed by atoms with Crippen LogP contribution >= 0.6 is 11.3 Å². The van der Waals surface area contributed by atoms with E-state index in [1.54, 1.807) is 0 Å². The summed E-state index contributed by atoms with van der Waals surface area (Å²) in [6.07, 6.45) is -3.45. The van der Waals surface area contributed by atoms with Gasteiger partial charge in [0.1, 0.15) is 4.88 Å². The molecule has 1 N–H and O–H groups in total. The molecule has 1 amide bonds. The third kappa shape index (κ3) is 4.52. The number of nitrogens with one attached hydrogen (secondary N) is 1. The summed E-state index contributed by atoms with van der Waals surface area (Å²) in [5.41, 5.74) is -0.591. The van der Waals surface area contributed by atoms with Gasteiger partial charge in [0.15, 0.2) is 5.13 Å². The number of benzene rings is 1. The highest BCUT2D eigenvalue weighted by atomic mass is 32.1. The first-order valence-electron chi connectivity index (χ1n) is 6.29. The Labute approximate surface area is 133 Å². The van der Waals surface area contributed by atoms with E-state index in [2.05, 4.69) is 15.0 Å².